The molecule has 6 saturated heterocycles. The summed E-state index contributed by atoms with van der Waals surface area (Å²) in [5.74, 6) is 4.36. The first-order valence-electron chi connectivity index (χ1n) is 51.7. The minimum absolute atomic E-state index is 0.0205. The molecule has 5 saturated carbocycles. The topological polar surface area (TPSA) is 337 Å². The van der Waals surface area contributed by atoms with Crippen LogP contribution in [0.15, 0.2) is 146 Å². The second kappa shape index (κ2) is 37.5. The molecule has 11 fully saturated rings. The molecule has 37 heteroatoms. The highest BCUT2D eigenvalue weighted by atomic mass is 19.3. The third-order valence-electron chi connectivity index (χ3n) is 32.6. The van der Waals surface area contributed by atoms with Crippen LogP contribution in [0.1, 0.15) is 138 Å². The number of carbonyl (C=O) groups is 4. The van der Waals surface area contributed by atoms with Gasteiger partial charge in [0.05, 0.1) is 78.1 Å². The molecular weight excluding hydrogens is 1880 g/mol. The number of nitrogens with two attached hydrogens (primary N) is 2. The number of hydrogen-bond donors (Lipinski definition) is 4. The van der Waals surface area contributed by atoms with Crippen molar-refractivity contribution in [2.24, 2.45) is 80.1 Å². The first-order valence-corrected chi connectivity index (χ1v) is 51.7. The summed E-state index contributed by atoms with van der Waals surface area (Å²) >= 11 is 0. The van der Waals surface area contributed by atoms with Crippen LogP contribution in [0.3, 0.4) is 0 Å². The van der Waals surface area contributed by atoms with E-state index in [0.29, 0.717) is 99.0 Å². The fourth-order valence-electron chi connectivity index (χ4n) is 24.2. The number of benzene rings is 4. The largest absolute Gasteiger partial charge is 0.494 e. The standard InChI is InChI=1S/C29H32F2N6O2.C28H32N6O2.C27H30N6O2.C26H27F3N6O2/c1-35-24-21(34-26(35)22-13-19-4-3-9-33-25(19)37(22)15-18-5-6-18)12-20(14-23(24)39-2)27(38)36-11-8-28(17-36)16-32-10-7-29(28,30)31;1-32-24-21(31-26(32)22-12-19-5-3-9-30-25(19)34(22)14-18-6-7-18)11-20(13-23(24)36-2)27(35)33-10-4-8-28(17-33)15-29-16-28;1-31-24-20(10-18(12-23(24)35-2)27(34)33-14-16-8-19(28)21(33)9-16)30-26(31)22-11-17-4-3-7-29-25(17)32(22)13-15-5-6-15;1-33-22-19(32-24(33)20-8-15-3-2-6-31-23(15)35(20)11-14-4-5-14)7-16(9-21(22)37-26(28)29)25(36)34-12-17(27)10-18(30)13-34/h3-4,9,12-14,18,32H,5-8,10-11,15-17H2,1-2H3;3,5,9,11-13,18,29H,4,6-8,10,14-17H2,1-2H3;3-4,7,10-12,15-16,19,21H,5-6,8-9,13-14,28H2,1-2H3;2-3,6-9,14,17-18,26H,4-5,10-13,30H2,1H3/t28-;;16-,19-,21-;17-,18-/m1.11/s1. The number of likely N-dealkylation sites (tertiary alicyclic amines) is 4. The van der Waals surface area contributed by atoms with Crippen molar-refractivity contribution in [3.8, 4) is 69.1 Å². The molecule has 6 aliphatic heterocycles. The molecule has 4 amide bonds. The van der Waals surface area contributed by atoms with Gasteiger partial charge in [0.25, 0.3) is 29.6 Å². The van der Waals surface area contributed by atoms with E-state index in [9.17, 15) is 41.1 Å². The quantitative estimate of drug-likeness (QED) is 0.0486. The predicted octanol–water partition coefficient (Wildman–Crippen LogP) is 16.0. The number of rotatable bonds is 21. The second-order valence-corrected chi connectivity index (χ2v) is 43.0. The lowest BCUT2D eigenvalue weighted by Gasteiger charge is -2.49. The van der Waals surface area contributed by atoms with Gasteiger partial charge >= 0.3 is 6.61 Å². The number of pyridine rings is 4. The summed E-state index contributed by atoms with van der Waals surface area (Å²) in [6, 6.07) is 38.1. The number of aryl methyl sites for hydroxylation is 4. The monoisotopic (exact) mass is 2000 g/mol. The number of carbonyl (C=O) groups excluding carboxylic acids is 4. The zero-order valence-electron chi connectivity index (χ0n) is 83.6. The van der Waals surface area contributed by atoms with Crippen molar-refractivity contribution in [1.82, 2.24) is 107 Å². The lowest BCUT2D eigenvalue weighted by molar-refractivity contribution is -0.134. The fourth-order valence-corrected chi connectivity index (χ4v) is 24.2. The molecule has 2 spiro atoms. The van der Waals surface area contributed by atoms with Gasteiger partial charge in [-0.1, -0.05) is 0 Å². The molecule has 147 heavy (non-hydrogen) atoms. The summed E-state index contributed by atoms with van der Waals surface area (Å²) in [4.78, 5) is 99.3. The third-order valence-corrected chi connectivity index (χ3v) is 32.6. The summed E-state index contributed by atoms with van der Waals surface area (Å²) in [7, 11) is 12.6. The lowest BCUT2D eigenvalue weighted by Crippen LogP contribution is -2.61. The van der Waals surface area contributed by atoms with Gasteiger partial charge in [0.1, 0.15) is 68.1 Å². The van der Waals surface area contributed by atoms with Crippen LogP contribution in [-0.2, 0) is 54.4 Å². The predicted molar refractivity (Wildman–Crippen MR) is 550 cm³/mol. The molecule has 6 atom stereocenters. The van der Waals surface area contributed by atoms with Gasteiger partial charge in [0, 0.05) is 218 Å². The van der Waals surface area contributed by atoms with Gasteiger partial charge in [-0.3, -0.25) is 19.2 Å². The van der Waals surface area contributed by atoms with Crippen molar-refractivity contribution in [3.05, 3.63) is 168 Å². The van der Waals surface area contributed by atoms with Gasteiger partial charge in [-0.2, -0.15) is 8.78 Å². The molecule has 5 aliphatic carbocycles. The number of methoxy groups -OCH3 is 3. The normalized spacial score (nSPS) is 21.5. The number of nitrogens with one attached hydrogen (secondary N) is 2. The number of halogens is 5. The maximum atomic E-state index is 14.9. The van der Waals surface area contributed by atoms with E-state index in [1.165, 1.54) is 55.9 Å². The summed E-state index contributed by atoms with van der Waals surface area (Å²) in [6.07, 6.45) is 20.3. The highest BCUT2D eigenvalue weighted by Crippen LogP contribution is 2.51. The van der Waals surface area contributed by atoms with Gasteiger partial charge in [-0.15, -0.1) is 0 Å². The van der Waals surface area contributed by atoms with Gasteiger partial charge in [-0.25, -0.2) is 53.0 Å². The SMILES string of the molecule is COc1cc(C(=O)N2CCCC3(CNC3)C2)cc2nc(-c3cc4cccnc4n3CC3CC3)n(C)c12.COc1cc(C(=O)N2CC[C@@]3(CNCCC3(F)F)C2)cc2nc(-c3cc4cccnc4n3CC3CC3)n(C)c12.COc1cc(C(=O)N2C[C@@H]3C[C@@H](N)[C@H]2C3)cc2nc(-c3cc4cccnc4n3CC3CC3)n(C)c12.Cn1c(-c2cc3cccnc3n2CC2CC2)nc2cc(C(=O)N3C[C@H](N)C[C@@H](F)C3)cc(OC(F)F)c21. The van der Waals surface area contributed by atoms with Crippen LogP contribution >= 0.6 is 0 Å². The third kappa shape index (κ3) is 17.5. The molecule has 16 aromatic rings. The smallest absolute Gasteiger partial charge is 0.387 e. The summed E-state index contributed by atoms with van der Waals surface area (Å²) in [5.41, 5.74) is 26.0. The van der Waals surface area contributed by atoms with Gasteiger partial charge in [-0.05, 0) is 241 Å². The van der Waals surface area contributed by atoms with E-state index in [4.69, 9.17) is 50.4 Å². The van der Waals surface area contributed by atoms with E-state index < -0.39 is 36.1 Å². The number of piperidine rings is 4. The number of ether oxygens (including phenoxy) is 4. The van der Waals surface area contributed by atoms with E-state index in [-0.39, 0.29) is 92.0 Å². The molecule has 4 aromatic carbocycles. The molecule has 27 rings (SSSR count). The minimum Gasteiger partial charge on any atom is -0.494 e. The van der Waals surface area contributed by atoms with Crippen LogP contribution in [0.4, 0.5) is 22.0 Å². The molecule has 0 radical (unpaired) electrons. The Kier molecular flexibility index (Phi) is 24.3. The van der Waals surface area contributed by atoms with E-state index in [2.05, 4.69) is 94.4 Å². The molecule has 11 aliphatic rings. The van der Waals surface area contributed by atoms with E-state index in [1.807, 2.05) is 115 Å². The number of amides is 4. The molecule has 764 valence electrons. The summed E-state index contributed by atoms with van der Waals surface area (Å²) in [5, 5.41) is 10.7. The average molecular weight is 2000 g/mol. The Morgan fingerprint density at radius 2 is 0.830 bits per heavy atom. The van der Waals surface area contributed by atoms with E-state index in [1.54, 1.807) is 62.2 Å². The number of alkyl halides is 5. The first-order chi connectivity index (χ1) is 71.1. The molecular formula is C110H121F5N24O8. The first kappa shape index (κ1) is 95.3. The Morgan fingerprint density at radius 3 is 1.19 bits per heavy atom. The molecule has 2 bridgehead atoms. The van der Waals surface area contributed by atoms with Crippen molar-refractivity contribution >= 4 is 112 Å². The Morgan fingerprint density at radius 1 is 0.442 bits per heavy atom. The van der Waals surface area contributed by atoms with Crippen molar-refractivity contribution < 1.29 is 60.1 Å². The molecule has 0 unspecified atom stereocenters. The van der Waals surface area contributed by atoms with Crippen LogP contribution in [0.25, 0.3) is 134 Å². The van der Waals surface area contributed by atoms with Crippen LogP contribution < -0.4 is 41.0 Å². The van der Waals surface area contributed by atoms with Crippen molar-refractivity contribution in [2.45, 2.75) is 159 Å². The fraction of sp³-hybridized carbons (Fsp3) is 0.455. The summed E-state index contributed by atoms with van der Waals surface area (Å²) in [6.45, 7) is 5.83. The van der Waals surface area contributed by atoms with Crippen LogP contribution in [0.2, 0.25) is 0 Å². The lowest BCUT2D eigenvalue weighted by atomic mass is 9.75. The maximum Gasteiger partial charge on any atom is 0.387 e. The van der Waals surface area contributed by atoms with Gasteiger partial charge < -0.3 is 97.2 Å². The van der Waals surface area contributed by atoms with Crippen LogP contribution in [0.5, 0.6) is 23.0 Å². The van der Waals surface area contributed by atoms with E-state index >= 15 is 0 Å². The highest BCUT2D eigenvalue weighted by molar-refractivity contribution is 6.05. The number of aromatic nitrogens is 16. The number of hydrogen-bond acceptors (Lipinski definition) is 20. The zero-order valence-corrected chi connectivity index (χ0v) is 83.6. The molecule has 6 N–H and O–H groups in total. The highest BCUT2D eigenvalue weighted by Gasteiger charge is 2.59. The van der Waals surface area contributed by atoms with Crippen LogP contribution in [-0.4, -0.2) is 250 Å². The van der Waals surface area contributed by atoms with Crippen molar-refractivity contribution in [3.63, 3.8) is 0 Å². The average Bonchev–Trinajstić information content (AvgIpc) is 1.61. The maximum absolute atomic E-state index is 14.9. The van der Waals surface area contributed by atoms with Crippen molar-refractivity contribution in [1.29, 1.82) is 0 Å². The van der Waals surface area contributed by atoms with E-state index in [0.717, 1.165) is 203 Å². The van der Waals surface area contributed by atoms with Gasteiger partial charge in [0.15, 0.2) is 29.0 Å². The zero-order chi connectivity index (χ0) is 101. The number of fused-ring (bicyclic) bond motifs is 10. The number of nitrogens with zero attached hydrogens (tertiary/aromatic N) is 20. The molecule has 12 aromatic heterocycles. The minimum atomic E-state index is -3.10. The Hall–Kier alpha value is -13.9. The van der Waals surface area contributed by atoms with Gasteiger partial charge in [0.2, 0.25) is 0 Å². The Bertz CT molecular complexity index is 7890. The number of imidazole rings is 4. The second-order valence-electron chi connectivity index (χ2n) is 43.0. The van der Waals surface area contributed by atoms with Crippen LogP contribution in [0, 0.1) is 40.4 Å². The Balaban J connectivity index is 0.000000105. The summed E-state index contributed by atoms with van der Waals surface area (Å²) < 4.78 is 110. The molecule has 18 heterocycles. The van der Waals surface area contributed by atoms with Crippen molar-refractivity contribution in [2.75, 3.05) is 93.3 Å². The molecule has 32 nitrogen and oxygen atoms in total. The Labute approximate surface area is 844 Å².